The summed E-state index contributed by atoms with van der Waals surface area (Å²) in [6.45, 7) is 13.8. The van der Waals surface area contributed by atoms with Gasteiger partial charge in [0.05, 0.1) is 0 Å². The molecule has 1 aliphatic heterocycles. The Labute approximate surface area is 94.1 Å². The molecule has 3 heteroatoms. The van der Waals surface area contributed by atoms with Crippen LogP contribution in [0.3, 0.4) is 0 Å². The van der Waals surface area contributed by atoms with Crippen molar-refractivity contribution in [2.45, 2.75) is 25.9 Å². The summed E-state index contributed by atoms with van der Waals surface area (Å²) in [6.07, 6.45) is 1.91. The summed E-state index contributed by atoms with van der Waals surface area (Å²) in [6, 6.07) is 1.35. The smallest absolute Gasteiger partial charge is 0.0195 e. The van der Waals surface area contributed by atoms with Crippen LogP contribution in [-0.2, 0) is 0 Å². The molecule has 1 heterocycles. The van der Waals surface area contributed by atoms with Gasteiger partial charge in [0, 0.05) is 44.8 Å². The molecule has 0 amide bonds. The Morgan fingerprint density at radius 1 is 1.33 bits per heavy atom. The second-order valence-electron chi connectivity index (χ2n) is 4.62. The lowest BCUT2D eigenvalue weighted by Gasteiger charge is -2.42. The predicted octanol–water partition coefficient (Wildman–Crippen LogP) is 0.786. The van der Waals surface area contributed by atoms with Gasteiger partial charge in [0.1, 0.15) is 0 Å². The van der Waals surface area contributed by atoms with Gasteiger partial charge in [0.25, 0.3) is 0 Å². The van der Waals surface area contributed by atoms with Crippen molar-refractivity contribution in [2.24, 2.45) is 0 Å². The molecule has 1 aliphatic rings. The van der Waals surface area contributed by atoms with Crippen LogP contribution in [0, 0.1) is 0 Å². The van der Waals surface area contributed by atoms with E-state index < -0.39 is 0 Å². The van der Waals surface area contributed by atoms with Crippen LogP contribution in [0.1, 0.15) is 13.8 Å². The van der Waals surface area contributed by atoms with Gasteiger partial charge in [-0.15, -0.1) is 6.58 Å². The van der Waals surface area contributed by atoms with Gasteiger partial charge < -0.3 is 5.32 Å². The largest absolute Gasteiger partial charge is 0.312 e. The Morgan fingerprint density at radius 3 is 2.47 bits per heavy atom. The summed E-state index contributed by atoms with van der Waals surface area (Å²) in [7, 11) is 2.22. The van der Waals surface area contributed by atoms with Crippen molar-refractivity contribution in [3.8, 4) is 0 Å². The Morgan fingerprint density at radius 2 is 1.93 bits per heavy atom. The van der Waals surface area contributed by atoms with Gasteiger partial charge >= 0.3 is 0 Å². The maximum atomic E-state index is 3.70. The van der Waals surface area contributed by atoms with E-state index in [0.717, 1.165) is 19.6 Å². The predicted molar refractivity (Wildman–Crippen MR) is 66.2 cm³/mol. The second-order valence-corrected chi connectivity index (χ2v) is 4.62. The number of nitrogens with zero attached hydrogens (tertiary/aromatic N) is 2. The normalized spacial score (nSPS) is 29.3. The zero-order valence-electron chi connectivity index (χ0n) is 10.4. The van der Waals surface area contributed by atoms with Crippen molar-refractivity contribution in [1.82, 2.24) is 15.1 Å². The summed E-state index contributed by atoms with van der Waals surface area (Å²) < 4.78 is 0. The quantitative estimate of drug-likeness (QED) is 0.536. The zero-order valence-corrected chi connectivity index (χ0v) is 10.4. The fourth-order valence-corrected chi connectivity index (χ4v) is 2.14. The van der Waals surface area contributed by atoms with Crippen molar-refractivity contribution in [1.29, 1.82) is 0 Å². The number of likely N-dealkylation sites (N-methyl/N-ethyl adjacent to an activating group) is 1. The van der Waals surface area contributed by atoms with E-state index in [1.54, 1.807) is 0 Å². The Balaban J connectivity index is 2.22. The molecule has 1 saturated heterocycles. The standard InChI is InChI=1S/C12H25N3/c1-5-6-13-7-8-15-9-11(2)14(4)12(3)10-15/h5,11-13H,1,6-10H2,2-4H3. The van der Waals surface area contributed by atoms with Crippen LogP contribution in [-0.4, -0.2) is 61.7 Å². The van der Waals surface area contributed by atoms with Gasteiger partial charge in [-0.25, -0.2) is 0 Å². The highest BCUT2D eigenvalue weighted by molar-refractivity contribution is 4.83. The maximum Gasteiger partial charge on any atom is 0.0195 e. The molecule has 0 saturated carbocycles. The van der Waals surface area contributed by atoms with Crippen LogP contribution in [0.2, 0.25) is 0 Å². The average Bonchev–Trinajstić information content (AvgIpc) is 2.21. The molecule has 0 aromatic heterocycles. The van der Waals surface area contributed by atoms with Crippen molar-refractivity contribution in [2.75, 3.05) is 39.8 Å². The van der Waals surface area contributed by atoms with Crippen LogP contribution < -0.4 is 5.32 Å². The van der Waals surface area contributed by atoms with E-state index in [1.807, 2.05) is 6.08 Å². The minimum absolute atomic E-state index is 0.674. The highest BCUT2D eigenvalue weighted by atomic mass is 15.3. The lowest BCUT2D eigenvalue weighted by atomic mass is 10.1. The third-order valence-corrected chi connectivity index (χ3v) is 3.33. The Hall–Kier alpha value is -0.380. The molecule has 1 N–H and O–H groups in total. The molecule has 2 atom stereocenters. The van der Waals surface area contributed by atoms with E-state index in [-0.39, 0.29) is 0 Å². The number of hydrogen-bond acceptors (Lipinski definition) is 3. The molecule has 0 aliphatic carbocycles. The van der Waals surface area contributed by atoms with Crippen molar-refractivity contribution in [3.63, 3.8) is 0 Å². The fraction of sp³-hybridized carbons (Fsp3) is 0.833. The molecule has 1 rings (SSSR count). The minimum atomic E-state index is 0.674. The first kappa shape index (κ1) is 12.7. The molecule has 0 spiro atoms. The number of hydrogen-bond donors (Lipinski definition) is 1. The lowest BCUT2D eigenvalue weighted by Crippen LogP contribution is -2.55. The summed E-state index contributed by atoms with van der Waals surface area (Å²) in [5.41, 5.74) is 0. The first-order valence-electron chi connectivity index (χ1n) is 5.91. The van der Waals surface area contributed by atoms with E-state index in [4.69, 9.17) is 0 Å². The van der Waals surface area contributed by atoms with Gasteiger partial charge in [-0.05, 0) is 20.9 Å². The molecule has 0 aromatic rings. The SMILES string of the molecule is C=CCNCCN1CC(C)N(C)C(C)C1. The van der Waals surface area contributed by atoms with Crippen LogP contribution in [0.5, 0.6) is 0 Å². The van der Waals surface area contributed by atoms with E-state index in [9.17, 15) is 0 Å². The molecule has 0 bridgehead atoms. The first-order chi connectivity index (χ1) is 7.15. The average molecular weight is 211 g/mol. The first-order valence-corrected chi connectivity index (χ1v) is 5.91. The lowest BCUT2D eigenvalue weighted by molar-refractivity contribution is 0.0609. The minimum Gasteiger partial charge on any atom is -0.312 e. The Kier molecular flexibility index (Phi) is 5.29. The summed E-state index contributed by atoms with van der Waals surface area (Å²) in [5, 5.41) is 3.35. The van der Waals surface area contributed by atoms with E-state index in [1.165, 1.54) is 13.1 Å². The summed E-state index contributed by atoms with van der Waals surface area (Å²) >= 11 is 0. The van der Waals surface area contributed by atoms with Crippen LogP contribution in [0.4, 0.5) is 0 Å². The van der Waals surface area contributed by atoms with Crippen LogP contribution in [0.15, 0.2) is 12.7 Å². The molecule has 1 fully saturated rings. The van der Waals surface area contributed by atoms with Crippen molar-refractivity contribution < 1.29 is 0 Å². The number of piperazine rings is 1. The molecule has 2 unspecified atom stereocenters. The molecular weight excluding hydrogens is 186 g/mol. The van der Waals surface area contributed by atoms with Crippen LogP contribution in [0.25, 0.3) is 0 Å². The van der Waals surface area contributed by atoms with E-state index >= 15 is 0 Å². The molecule has 15 heavy (non-hydrogen) atoms. The zero-order chi connectivity index (χ0) is 11.3. The van der Waals surface area contributed by atoms with Gasteiger partial charge in [0.2, 0.25) is 0 Å². The second kappa shape index (κ2) is 6.26. The Bertz CT molecular complexity index is 181. The van der Waals surface area contributed by atoms with Gasteiger partial charge in [-0.1, -0.05) is 6.08 Å². The monoisotopic (exact) mass is 211 g/mol. The molecule has 3 nitrogen and oxygen atoms in total. The highest BCUT2D eigenvalue weighted by Gasteiger charge is 2.25. The van der Waals surface area contributed by atoms with Crippen molar-refractivity contribution >= 4 is 0 Å². The summed E-state index contributed by atoms with van der Waals surface area (Å²) in [5.74, 6) is 0. The van der Waals surface area contributed by atoms with E-state index in [0.29, 0.717) is 12.1 Å². The third-order valence-electron chi connectivity index (χ3n) is 3.33. The molecule has 0 aromatic carbocycles. The van der Waals surface area contributed by atoms with Gasteiger partial charge in [-0.3, -0.25) is 9.80 Å². The fourth-order valence-electron chi connectivity index (χ4n) is 2.14. The maximum absolute atomic E-state index is 3.70. The number of rotatable bonds is 5. The van der Waals surface area contributed by atoms with Gasteiger partial charge in [0.15, 0.2) is 0 Å². The van der Waals surface area contributed by atoms with Crippen molar-refractivity contribution in [3.05, 3.63) is 12.7 Å². The topological polar surface area (TPSA) is 18.5 Å². The third kappa shape index (κ3) is 3.93. The molecule has 88 valence electrons. The summed E-state index contributed by atoms with van der Waals surface area (Å²) in [4.78, 5) is 5.01. The highest BCUT2D eigenvalue weighted by Crippen LogP contribution is 2.12. The number of nitrogens with one attached hydrogen (secondary N) is 1. The molecular formula is C12H25N3. The van der Waals surface area contributed by atoms with E-state index in [2.05, 4.69) is 42.6 Å². The van der Waals surface area contributed by atoms with Gasteiger partial charge in [-0.2, -0.15) is 0 Å². The molecule has 0 radical (unpaired) electrons. The van der Waals surface area contributed by atoms with Crippen LogP contribution >= 0.6 is 0 Å².